The van der Waals surface area contributed by atoms with E-state index < -0.39 is 0 Å². The number of fused-ring (bicyclic) bond motifs is 1. The van der Waals surface area contributed by atoms with Crippen LogP contribution in [0.15, 0.2) is 48.6 Å². The first-order valence-electron chi connectivity index (χ1n) is 14.0. The molecule has 7 heteroatoms. The Morgan fingerprint density at radius 3 is 2.18 bits per heavy atom. The van der Waals surface area contributed by atoms with Crippen molar-refractivity contribution in [2.24, 2.45) is 5.73 Å². The van der Waals surface area contributed by atoms with Crippen molar-refractivity contribution in [2.45, 2.75) is 64.7 Å². The molecule has 0 amide bonds. The Morgan fingerprint density at radius 1 is 0.872 bits per heavy atom. The first kappa shape index (κ1) is 29.9. The summed E-state index contributed by atoms with van der Waals surface area (Å²) < 4.78 is 27.9. The van der Waals surface area contributed by atoms with Crippen LogP contribution in [0.25, 0.3) is 11.8 Å². The van der Waals surface area contributed by atoms with Gasteiger partial charge in [-0.2, -0.15) is 0 Å². The average Bonchev–Trinajstić information content (AvgIpc) is 2.95. The summed E-state index contributed by atoms with van der Waals surface area (Å²) in [6, 6.07) is 11.6. The highest BCUT2D eigenvalue weighted by atomic mass is 16.6. The van der Waals surface area contributed by atoms with Gasteiger partial charge in [-0.15, -0.1) is 0 Å². The Kier molecular flexibility index (Phi) is 12.6. The summed E-state index contributed by atoms with van der Waals surface area (Å²) in [7, 11) is 1.64. The van der Waals surface area contributed by atoms with Gasteiger partial charge in [-0.1, -0.05) is 57.6 Å². The number of hydrogen-bond acceptors (Lipinski definition) is 7. The molecule has 0 radical (unpaired) electrons. The molecule has 39 heavy (non-hydrogen) atoms. The van der Waals surface area contributed by atoms with Gasteiger partial charge in [-0.05, 0) is 61.7 Å². The molecule has 2 aromatic rings. The molecule has 0 unspecified atom stereocenters. The molecule has 0 aromatic heterocycles. The van der Waals surface area contributed by atoms with E-state index in [1.807, 2.05) is 42.5 Å². The van der Waals surface area contributed by atoms with Gasteiger partial charge in [0.05, 0.1) is 20.3 Å². The molecule has 0 spiro atoms. The van der Waals surface area contributed by atoms with Crippen LogP contribution < -0.4 is 24.7 Å². The normalized spacial score (nSPS) is 12.6. The Bertz CT molecular complexity index is 1110. The summed E-state index contributed by atoms with van der Waals surface area (Å²) in [5.41, 5.74) is 9.28. The molecule has 0 aliphatic carbocycles. The average molecular weight is 538 g/mol. The number of methoxy groups -OCH3 is 1. The number of esters is 1. The third-order valence-electron chi connectivity index (χ3n) is 6.51. The Hall–Kier alpha value is -3.61. The third kappa shape index (κ3) is 10.2. The number of carbonyl (C=O) groups excluding carboxylic acids is 1. The Morgan fingerprint density at radius 2 is 1.51 bits per heavy atom. The zero-order valence-electron chi connectivity index (χ0n) is 23.5. The highest BCUT2D eigenvalue weighted by Gasteiger charge is 2.12. The van der Waals surface area contributed by atoms with Crippen LogP contribution in [0, 0.1) is 0 Å². The quantitative estimate of drug-likeness (QED) is 0.101. The minimum absolute atomic E-state index is 0.291. The van der Waals surface area contributed by atoms with E-state index in [-0.39, 0.29) is 5.97 Å². The van der Waals surface area contributed by atoms with Crippen LogP contribution >= 0.6 is 0 Å². The van der Waals surface area contributed by atoms with Crippen LogP contribution in [0.3, 0.4) is 0 Å². The van der Waals surface area contributed by atoms with Crippen molar-refractivity contribution in [1.29, 1.82) is 0 Å². The number of benzene rings is 2. The van der Waals surface area contributed by atoms with Gasteiger partial charge in [-0.25, -0.2) is 4.79 Å². The van der Waals surface area contributed by atoms with Crippen molar-refractivity contribution in [1.82, 2.24) is 0 Å². The van der Waals surface area contributed by atoms with E-state index in [1.165, 1.54) is 32.1 Å². The number of unbranched alkanes of at least 4 members (excludes halogenated alkanes) is 8. The van der Waals surface area contributed by atoms with E-state index in [4.69, 9.17) is 29.4 Å². The van der Waals surface area contributed by atoms with Crippen molar-refractivity contribution in [3.8, 4) is 23.0 Å². The zero-order chi connectivity index (χ0) is 27.9. The predicted molar refractivity (Wildman–Crippen MR) is 155 cm³/mol. The lowest BCUT2D eigenvalue weighted by Gasteiger charge is -2.18. The molecule has 2 aromatic carbocycles. The van der Waals surface area contributed by atoms with Crippen molar-refractivity contribution in [2.75, 3.05) is 33.5 Å². The SMILES string of the molecule is C=C(C)C(=O)OCCCCCCCCCCCOc1ccc(/C(N)=C/c2ccc3c(c2)OCCO3)cc1OC. The Balaban J connectivity index is 1.31. The molecule has 0 atom stereocenters. The van der Waals surface area contributed by atoms with E-state index in [0.717, 1.165) is 54.1 Å². The third-order valence-corrected chi connectivity index (χ3v) is 6.51. The van der Waals surface area contributed by atoms with Crippen molar-refractivity contribution >= 4 is 17.7 Å². The molecule has 0 fully saturated rings. The molecule has 0 bridgehead atoms. The van der Waals surface area contributed by atoms with Crippen LogP contribution in [-0.2, 0) is 9.53 Å². The second-order valence-corrected chi connectivity index (χ2v) is 9.82. The van der Waals surface area contributed by atoms with E-state index in [1.54, 1.807) is 14.0 Å². The standard InChI is InChI=1S/C32H43NO6/c1-24(2)32(34)39-18-12-10-8-6-4-5-7-9-11-17-36-28-16-14-26(23-30(28)35-3)27(33)21-25-13-15-29-31(22-25)38-20-19-37-29/h13-16,21-23H,1,4-12,17-20,33H2,2-3H3/b27-21-. The molecule has 0 saturated carbocycles. The molecular weight excluding hydrogens is 494 g/mol. The largest absolute Gasteiger partial charge is 0.493 e. The second-order valence-electron chi connectivity index (χ2n) is 9.82. The maximum atomic E-state index is 11.3. The number of carbonyl (C=O) groups is 1. The van der Waals surface area contributed by atoms with E-state index in [9.17, 15) is 4.79 Å². The molecule has 1 aliphatic rings. The Labute approximate surface area is 232 Å². The molecule has 3 rings (SSSR count). The number of rotatable bonds is 17. The number of hydrogen-bond donors (Lipinski definition) is 1. The minimum Gasteiger partial charge on any atom is -0.493 e. The van der Waals surface area contributed by atoms with Gasteiger partial charge in [0.2, 0.25) is 0 Å². The summed E-state index contributed by atoms with van der Waals surface area (Å²) in [4.78, 5) is 11.3. The van der Waals surface area contributed by atoms with Crippen LogP contribution in [-0.4, -0.2) is 39.5 Å². The fourth-order valence-corrected chi connectivity index (χ4v) is 4.29. The molecular formula is C32H43NO6. The maximum Gasteiger partial charge on any atom is 0.333 e. The minimum atomic E-state index is -0.291. The summed E-state index contributed by atoms with van der Waals surface area (Å²) in [5, 5.41) is 0. The van der Waals surface area contributed by atoms with Gasteiger partial charge in [0.25, 0.3) is 0 Å². The molecule has 7 nitrogen and oxygen atoms in total. The summed E-state index contributed by atoms with van der Waals surface area (Å²) >= 11 is 0. The summed E-state index contributed by atoms with van der Waals surface area (Å²) in [6.45, 7) is 7.51. The van der Waals surface area contributed by atoms with Crippen molar-refractivity contribution in [3.63, 3.8) is 0 Å². The van der Waals surface area contributed by atoms with Gasteiger partial charge < -0.3 is 29.4 Å². The van der Waals surface area contributed by atoms with Crippen molar-refractivity contribution < 1.29 is 28.5 Å². The molecule has 212 valence electrons. The fourth-order valence-electron chi connectivity index (χ4n) is 4.29. The first-order chi connectivity index (χ1) is 19.0. The van der Waals surface area contributed by atoms with Gasteiger partial charge in [-0.3, -0.25) is 0 Å². The van der Waals surface area contributed by atoms with E-state index in [0.29, 0.717) is 43.4 Å². The second kappa shape index (κ2) is 16.4. The van der Waals surface area contributed by atoms with E-state index in [2.05, 4.69) is 6.58 Å². The number of nitrogens with two attached hydrogens (primary N) is 1. The van der Waals surface area contributed by atoms with Crippen LogP contribution in [0.1, 0.15) is 75.8 Å². The fraction of sp³-hybridized carbons (Fsp3) is 0.469. The monoisotopic (exact) mass is 537 g/mol. The van der Waals surface area contributed by atoms with Crippen molar-refractivity contribution in [3.05, 3.63) is 59.7 Å². The zero-order valence-corrected chi connectivity index (χ0v) is 23.5. The molecule has 1 heterocycles. The van der Waals surface area contributed by atoms with Crippen LogP contribution in [0.5, 0.6) is 23.0 Å². The summed E-state index contributed by atoms with van der Waals surface area (Å²) in [6.07, 6.45) is 12.2. The lowest BCUT2D eigenvalue weighted by atomic mass is 10.1. The smallest absolute Gasteiger partial charge is 0.333 e. The van der Waals surface area contributed by atoms with Gasteiger partial charge in [0.1, 0.15) is 13.2 Å². The van der Waals surface area contributed by atoms with Crippen LogP contribution in [0.4, 0.5) is 0 Å². The molecule has 0 saturated heterocycles. The van der Waals surface area contributed by atoms with Gasteiger partial charge in [0, 0.05) is 16.8 Å². The highest BCUT2D eigenvalue weighted by Crippen LogP contribution is 2.33. The first-order valence-corrected chi connectivity index (χ1v) is 14.0. The van der Waals surface area contributed by atoms with Gasteiger partial charge >= 0.3 is 5.97 Å². The molecule has 2 N–H and O–H groups in total. The molecule has 1 aliphatic heterocycles. The topological polar surface area (TPSA) is 89.2 Å². The van der Waals surface area contributed by atoms with Crippen LogP contribution in [0.2, 0.25) is 0 Å². The number of ether oxygens (including phenoxy) is 5. The summed E-state index contributed by atoms with van der Waals surface area (Å²) in [5.74, 6) is 2.59. The maximum absolute atomic E-state index is 11.3. The predicted octanol–water partition coefficient (Wildman–Crippen LogP) is 6.93. The highest BCUT2D eigenvalue weighted by molar-refractivity contribution is 5.86. The lowest BCUT2D eigenvalue weighted by Crippen LogP contribution is -2.15. The van der Waals surface area contributed by atoms with E-state index >= 15 is 0 Å². The lowest BCUT2D eigenvalue weighted by molar-refractivity contribution is -0.139. The van der Waals surface area contributed by atoms with Gasteiger partial charge in [0.15, 0.2) is 23.0 Å².